The van der Waals surface area contributed by atoms with Gasteiger partial charge in [0.2, 0.25) is 0 Å². The number of rotatable bonds is 6. The van der Waals surface area contributed by atoms with E-state index in [1.807, 2.05) is 6.66 Å². The van der Waals surface area contributed by atoms with E-state index in [1.165, 1.54) is 22.3 Å². The number of hydrogen-bond acceptors (Lipinski definition) is 2. The molecule has 0 aliphatic rings. The monoisotopic (exact) mass is 390 g/mol. The molecule has 142 valence electrons. The Morgan fingerprint density at radius 2 is 1.35 bits per heavy atom. The molecule has 2 atom stereocenters. The maximum absolute atomic E-state index is 5.97. The van der Waals surface area contributed by atoms with E-state index in [0.717, 1.165) is 11.5 Å². The van der Waals surface area contributed by atoms with Crippen molar-refractivity contribution in [2.45, 2.75) is 52.4 Å². The van der Waals surface area contributed by atoms with Gasteiger partial charge in [0.05, 0.1) is 17.6 Å². The molecule has 2 nitrogen and oxygen atoms in total. The van der Waals surface area contributed by atoms with Gasteiger partial charge in [0, 0.05) is 11.0 Å². The summed E-state index contributed by atoms with van der Waals surface area (Å²) >= 11 is 0. The van der Waals surface area contributed by atoms with Crippen LogP contribution in [0.1, 0.15) is 56.9 Å². The van der Waals surface area contributed by atoms with Crippen molar-refractivity contribution in [1.29, 1.82) is 0 Å². The van der Waals surface area contributed by atoms with E-state index >= 15 is 0 Å². The molecule has 2 rings (SSSR count). The fourth-order valence-electron chi connectivity index (χ4n) is 3.35. The first-order chi connectivity index (χ1) is 12.1. The van der Waals surface area contributed by atoms with Crippen LogP contribution in [-0.2, 0) is 10.8 Å². The third-order valence-electron chi connectivity index (χ3n) is 4.82. The summed E-state index contributed by atoms with van der Waals surface area (Å²) in [6.45, 7) is 17.6. The van der Waals surface area contributed by atoms with E-state index in [-0.39, 0.29) is 10.8 Å². The Balaban J connectivity index is 2.54. The minimum Gasteiger partial charge on any atom is -0.477 e. The van der Waals surface area contributed by atoms with E-state index in [0.29, 0.717) is 17.6 Å². The lowest BCUT2D eigenvalue weighted by atomic mass is 9.73. The maximum Gasteiger partial charge on any atom is 0.126 e. The lowest BCUT2D eigenvalue weighted by molar-refractivity contribution is 0.536. The number of aryl methyl sites for hydroxylation is 1. The summed E-state index contributed by atoms with van der Waals surface area (Å²) in [4.78, 5) is 0. The number of benzene rings is 2. The molecule has 0 N–H and O–H groups in total. The highest BCUT2D eigenvalue weighted by Gasteiger charge is 2.29. The van der Waals surface area contributed by atoms with Crippen molar-refractivity contribution < 1.29 is 9.05 Å². The number of hydrogen-bond donors (Lipinski definition) is 0. The standard InChI is InChI=1S/C22H32O2P2/c1-15-13-20(24-26-8)19(21(2,3)4)14-18(15)22(5,6)16-9-11-17(12-10-16)23-25-7/h9-14,25-26H,1-8H3. The Morgan fingerprint density at radius 1 is 0.769 bits per heavy atom. The van der Waals surface area contributed by atoms with E-state index < -0.39 is 0 Å². The molecule has 4 heteroatoms. The maximum atomic E-state index is 5.97. The van der Waals surface area contributed by atoms with Crippen molar-refractivity contribution in [3.63, 3.8) is 0 Å². The normalized spacial score (nSPS) is 13.1. The molecule has 0 aromatic heterocycles. The average Bonchev–Trinajstić information content (AvgIpc) is 2.54. The van der Waals surface area contributed by atoms with Crippen molar-refractivity contribution in [2.24, 2.45) is 0 Å². The van der Waals surface area contributed by atoms with Gasteiger partial charge in [0.15, 0.2) is 0 Å². The van der Waals surface area contributed by atoms with Crippen LogP contribution in [-0.4, -0.2) is 13.3 Å². The molecule has 0 bridgehead atoms. The molecule has 0 saturated heterocycles. The van der Waals surface area contributed by atoms with E-state index in [4.69, 9.17) is 9.05 Å². The van der Waals surface area contributed by atoms with Gasteiger partial charge in [0.25, 0.3) is 0 Å². The molecular weight excluding hydrogens is 358 g/mol. The largest absolute Gasteiger partial charge is 0.477 e. The van der Waals surface area contributed by atoms with Gasteiger partial charge < -0.3 is 9.05 Å². The van der Waals surface area contributed by atoms with Gasteiger partial charge in [-0.1, -0.05) is 52.8 Å². The second-order valence-electron chi connectivity index (χ2n) is 8.18. The molecule has 2 aromatic carbocycles. The van der Waals surface area contributed by atoms with Gasteiger partial charge in [0.1, 0.15) is 11.5 Å². The topological polar surface area (TPSA) is 18.5 Å². The SMILES string of the molecule is CPOc1ccc(C(C)(C)c2cc(C(C)(C)C)c(OPC)cc2C)cc1. The van der Waals surface area contributed by atoms with Crippen molar-refractivity contribution in [2.75, 3.05) is 13.3 Å². The zero-order chi connectivity index (χ0) is 19.5. The third-order valence-corrected chi connectivity index (χ3v) is 5.68. The first kappa shape index (κ1) is 21.2. The quantitative estimate of drug-likeness (QED) is 0.504. The summed E-state index contributed by atoms with van der Waals surface area (Å²) in [5.74, 6) is 1.95. The van der Waals surface area contributed by atoms with Gasteiger partial charge in [-0.15, -0.1) is 0 Å². The van der Waals surface area contributed by atoms with Crippen LogP contribution in [0.25, 0.3) is 0 Å². The molecule has 0 amide bonds. The summed E-state index contributed by atoms with van der Waals surface area (Å²) in [6.07, 6.45) is 0. The molecule has 2 unspecified atom stereocenters. The molecule has 0 aliphatic carbocycles. The Bertz CT molecular complexity index is 744. The van der Waals surface area contributed by atoms with Crippen LogP contribution in [0.2, 0.25) is 0 Å². The van der Waals surface area contributed by atoms with Crippen LogP contribution >= 0.6 is 17.6 Å². The highest BCUT2D eigenvalue weighted by atomic mass is 31.1. The first-order valence-electron chi connectivity index (χ1n) is 9.04. The molecule has 26 heavy (non-hydrogen) atoms. The molecule has 2 aromatic rings. The first-order valence-corrected chi connectivity index (χ1v) is 11.9. The van der Waals surface area contributed by atoms with Crippen molar-refractivity contribution in [3.05, 3.63) is 58.7 Å². The molecular formula is C22H32O2P2. The smallest absolute Gasteiger partial charge is 0.126 e. The lowest BCUT2D eigenvalue weighted by Crippen LogP contribution is -2.22. The van der Waals surface area contributed by atoms with Crippen LogP contribution in [0.15, 0.2) is 36.4 Å². The van der Waals surface area contributed by atoms with Crippen molar-refractivity contribution in [1.82, 2.24) is 0 Å². The Morgan fingerprint density at radius 3 is 1.85 bits per heavy atom. The van der Waals surface area contributed by atoms with Crippen LogP contribution in [0.5, 0.6) is 11.5 Å². The van der Waals surface area contributed by atoms with Crippen LogP contribution in [0.3, 0.4) is 0 Å². The zero-order valence-corrected chi connectivity index (χ0v) is 19.3. The fraction of sp³-hybridized carbons (Fsp3) is 0.455. The van der Waals surface area contributed by atoms with Crippen molar-refractivity contribution >= 4 is 17.6 Å². The van der Waals surface area contributed by atoms with Crippen LogP contribution in [0.4, 0.5) is 0 Å². The highest BCUT2D eigenvalue weighted by molar-refractivity contribution is 7.31. The molecule has 0 spiro atoms. The van der Waals surface area contributed by atoms with Gasteiger partial charge in [-0.25, -0.2) is 0 Å². The predicted molar refractivity (Wildman–Crippen MR) is 118 cm³/mol. The van der Waals surface area contributed by atoms with E-state index in [1.54, 1.807) is 0 Å². The Hall–Kier alpha value is -1.10. The van der Waals surface area contributed by atoms with Gasteiger partial charge in [-0.3, -0.25) is 0 Å². The third kappa shape index (κ3) is 4.59. The highest BCUT2D eigenvalue weighted by Crippen LogP contribution is 2.41. The summed E-state index contributed by atoms with van der Waals surface area (Å²) in [7, 11) is 0.915. The molecule has 0 saturated carbocycles. The van der Waals surface area contributed by atoms with Gasteiger partial charge >= 0.3 is 0 Å². The predicted octanol–water partition coefficient (Wildman–Crippen LogP) is 6.82. The second-order valence-corrected chi connectivity index (χ2v) is 9.40. The Kier molecular flexibility index (Phi) is 6.75. The fourth-order valence-corrected chi connectivity index (χ4v) is 4.11. The van der Waals surface area contributed by atoms with E-state index in [9.17, 15) is 0 Å². The summed E-state index contributed by atoms with van der Waals surface area (Å²) in [6, 6.07) is 13.1. The summed E-state index contributed by atoms with van der Waals surface area (Å²) in [5, 5.41) is 0. The van der Waals surface area contributed by atoms with E-state index in [2.05, 4.69) is 84.6 Å². The van der Waals surface area contributed by atoms with Crippen LogP contribution < -0.4 is 9.05 Å². The zero-order valence-electron chi connectivity index (χ0n) is 17.3. The average molecular weight is 390 g/mol. The second kappa shape index (κ2) is 8.28. The molecule has 0 radical (unpaired) electrons. The Labute approximate surface area is 162 Å². The molecule has 0 heterocycles. The van der Waals surface area contributed by atoms with Crippen LogP contribution in [0, 0.1) is 6.92 Å². The molecule has 0 fully saturated rings. The minimum atomic E-state index is -0.0931. The summed E-state index contributed by atoms with van der Waals surface area (Å²) < 4.78 is 11.6. The van der Waals surface area contributed by atoms with Crippen molar-refractivity contribution in [3.8, 4) is 11.5 Å². The lowest BCUT2D eigenvalue weighted by Gasteiger charge is -2.32. The minimum absolute atomic E-state index is 0.0350. The van der Waals surface area contributed by atoms with Gasteiger partial charge in [-0.05, 0) is 60.6 Å². The molecule has 0 aliphatic heterocycles. The summed E-state index contributed by atoms with van der Waals surface area (Å²) in [5.41, 5.74) is 5.12. The van der Waals surface area contributed by atoms with Gasteiger partial charge in [-0.2, -0.15) is 0 Å².